The fourth-order valence-corrected chi connectivity index (χ4v) is 4.70. The van der Waals surface area contributed by atoms with Crippen molar-refractivity contribution in [3.63, 3.8) is 0 Å². The number of aryl methyl sites for hydroxylation is 3. The Balaban J connectivity index is 1.76. The highest BCUT2D eigenvalue weighted by Gasteiger charge is 2.33. The topological polar surface area (TPSA) is 66.7 Å². The van der Waals surface area contributed by atoms with E-state index in [2.05, 4.69) is 35.2 Å². The molecule has 0 radical (unpaired) electrons. The molecule has 7 heteroatoms. The van der Waals surface area contributed by atoms with Crippen LogP contribution in [0.2, 0.25) is 0 Å². The third-order valence-electron chi connectivity index (χ3n) is 4.17. The molecule has 0 aliphatic carbocycles. The largest absolute Gasteiger partial charge is 0.369 e. The second-order valence-corrected chi connectivity index (χ2v) is 7.76. The van der Waals surface area contributed by atoms with Gasteiger partial charge < -0.3 is 9.42 Å². The second-order valence-electron chi connectivity index (χ2n) is 5.88. The third kappa shape index (κ3) is 2.98. The molecule has 0 bridgehead atoms. The SMILES string of the molecule is Cc1cccc(N2CCN(S(=O)(=O)c3c(C)noc3C)CC2)c1. The maximum Gasteiger partial charge on any atom is 0.248 e. The lowest BCUT2D eigenvalue weighted by Gasteiger charge is -2.35. The van der Waals surface area contributed by atoms with Crippen LogP contribution in [0.3, 0.4) is 0 Å². The number of nitrogens with zero attached hydrogens (tertiary/aromatic N) is 3. The van der Waals surface area contributed by atoms with E-state index in [1.807, 2.05) is 6.07 Å². The molecule has 0 N–H and O–H groups in total. The van der Waals surface area contributed by atoms with E-state index >= 15 is 0 Å². The summed E-state index contributed by atoms with van der Waals surface area (Å²) in [6.45, 7) is 7.61. The molecule has 0 atom stereocenters. The van der Waals surface area contributed by atoms with Crippen LogP contribution >= 0.6 is 0 Å². The molecule has 1 aliphatic heterocycles. The van der Waals surface area contributed by atoms with Gasteiger partial charge in [0.25, 0.3) is 0 Å². The first-order chi connectivity index (χ1) is 10.9. The fraction of sp³-hybridized carbons (Fsp3) is 0.438. The van der Waals surface area contributed by atoms with Crippen LogP contribution < -0.4 is 4.90 Å². The number of piperazine rings is 1. The van der Waals surface area contributed by atoms with Crippen LogP contribution in [0.1, 0.15) is 17.0 Å². The summed E-state index contributed by atoms with van der Waals surface area (Å²) in [4.78, 5) is 2.42. The molecule has 124 valence electrons. The van der Waals surface area contributed by atoms with Crippen molar-refractivity contribution in [1.29, 1.82) is 0 Å². The Hall–Kier alpha value is -1.86. The van der Waals surface area contributed by atoms with Gasteiger partial charge in [-0.25, -0.2) is 8.42 Å². The molecule has 0 unspecified atom stereocenters. The van der Waals surface area contributed by atoms with Gasteiger partial charge in [0.15, 0.2) is 5.76 Å². The molecule has 1 aliphatic rings. The fourth-order valence-electron chi connectivity index (χ4n) is 2.98. The van der Waals surface area contributed by atoms with Crippen molar-refractivity contribution in [2.45, 2.75) is 25.7 Å². The van der Waals surface area contributed by atoms with E-state index in [1.165, 1.54) is 9.87 Å². The molecule has 2 aromatic rings. The molecule has 0 saturated carbocycles. The van der Waals surface area contributed by atoms with Gasteiger partial charge in [-0.1, -0.05) is 17.3 Å². The van der Waals surface area contributed by atoms with E-state index in [0.29, 0.717) is 37.6 Å². The van der Waals surface area contributed by atoms with Crippen LogP contribution in [0.15, 0.2) is 33.7 Å². The number of benzene rings is 1. The summed E-state index contributed by atoms with van der Waals surface area (Å²) >= 11 is 0. The zero-order chi connectivity index (χ0) is 16.6. The highest BCUT2D eigenvalue weighted by molar-refractivity contribution is 7.89. The van der Waals surface area contributed by atoms with Crippen molar-refractivity contribution in [2.24, 2.45) is 0 Å². The molecular weight excluding hydrogens is 314 g/mol. The molecule has 3 rings (SSSR count). The van der Waals surface area contributed by atoms with Gasteiger partial charge in [-0.2, -0.15) is 4.31 Å². The standard InChI is InChI=1S/C16H21N3O3S/c1-12-5-4-6-15(11-12)18-7-9-19(10-8-18)23(20,21)16-13(2)17-22-14(16)3/h4-6,11H,7-10H2,1-3H3. The van der Waals surface area contributed by atoms with Crippen LogP contribution in [-0.4, -0.2) is 44.1 Å². The average Bonchev–Trinajstić information content (AvgIpc) is 2.87. The normalized spacial score (nSPS) is 16.7. The van der Waals surface area contributed by atoms with Crippen molar-refractivity contribution < 1.29 is 12.9 Å². The van der Waals surface area contributed by atoms with E-state index in [0.717, 1.165) is 5.69 Å². The highest BCUT2D eigenvalue weighted by Crippen LogP contribution is 2.25. The van der Waals surface area contributed by atoms with Crippen LogP contribution in [0.4, 0.5) is 5.69 Å². The Morgan fingerprint density at radius 2 is 1.78 bits per heavy atom. The van der Waals surface area contributed by atoms with E-state index in [4.69, 9.17) is 4.52 Å². The summed E-state index contributed by atoms with van der Waals surface area (Å²) in [5.74, 6) is 0.351. The van der Waals surface area contributed by atoms with Crippen molar-refractivity contribution in [3.8, 4) is 0 Å². The van der Waals surface area contributed by atoms with Gasteiger partial charge in [-0.15, -0.1) is 0 Å². The van der Waals surface area contributed by atoms with Gasteiger partial charge >= 0.3 is 0 Å². The van der Waals surface area contributed by atoms with Crippen molar-refractivity contribution in [1.82, 2.24) is 9.46 Å². The van der Waals surface area contributed by atoms with E-state index in [1.54, 1.807) is 13.8 Å². The predicted octanol–water partition coefficient (Wildman–Crippen LogP) is 2.11. The molecule has 1 fully saturated rings. The minimum absolute atomic E-state index is 0.210. The van der Waals surface area contributed by atoms with Gasteiger partial charge in [-0.3, -0.25) is 0 Å². The van der Waals surface area contributed by atoms with Crippen molar-refractivity contribution >= 4 is 15.7 Å². The molecule has 6 nitrogen and oxygen atoms in total. The van der Waals surface area contributed by atoms with Crippen LogP contribution in [0, 0.1) is 20.8 Å². The number of hydrogen-bond acceptors (Lipinski definition) is 5. The maximum absolute atomic E-state index is 12.8. The van der Waals surface area contributed by atoms with Crippen molar-refractivity contribution in [2.75, 3.05) is 31.1 Å². The molecule has 0 spiro atoms. The molecule has 1 aromatic carbocycles. The smallest absolute Gasteiger partial charge is 0.248 e. The van der Waals surface area contributed by atoms with Crippen LogP contribution in [0.5, 0.6) is 0 Å². The van der Waals surface area contributed by atoms with Crippen LogP contribution in [0.25, 0.3) is 0 Å². The Bertz CT molecular complexity index is 786. The van der Waals surface area contributed by atoms with E-state index in [9.17, 15) is 8.42 Å². The number of aromatic nitrogens is 1. The highest BCUT2D eigenvalue weighted by atomic mass is 32.2. The zero-order valence-corrected chi connectivity index (χ0v) is 14.4. The number of rotatable bonds is 3. The maximum atomic E-state index is 12.8. The van der Waals surface area contributed by atoms with E-state index < -0.39 is 10.0 Å². The molecule has 0 amide bonds. The lowest BCUT2D eigenvalue weighted by molar-refractivity contribution is 0.378. The predicted molar refractivity (Wildman–Crippen MR) is 88.1 cm³/mol. The minimum atomic E-state index is -3.54. The first-order valence-corrected chi connectivity index (χ1v) is 9.08. The molecule has 2 heterocycles. The van der Waals surface area contributed by atoms with Gasteiger partial charge in [-0.05, 0) is 38.5 Å². The summed E-state index contributed by atoms with van der Waals surface area (Å²) in [6, 6.07) is 8.27. The first-order valence-electron chi connectivity index (χ1n) is 7.64. The zero-order valence-electron chi connectivity index (χ0n) is 13.6. The van der Waals surface area contributed by atoms with E-state index in [-0.39, 0.29) is 4.90 Å². The molecule has 23 heavy (non-hydrogen) atoms. The summed E-state index contributed by atoms with van der Waals surface area (Å²) < 4.78 is 32.1. The lowest BCUT2D eigenvalue weighted by atomic mass is 10.2. The summed E-state index contributed by atoms with van der Waals surface area (Å²) in [5, 5.41) is 3.76. The van der Waals surface area contributed by atoms with Gasteiger partial charge in [0, 0.05) is 31.9 Å². The lowest BCUT2D eigenvalue weighted by Crippen LogP contribution is -2.48. The van der Waals surface area contributed by atoms with Gasteiger partial charge in [0.2, 0.25) is 10.0 Å². The summed E-state index contributed by atoms with van der Waals surface area (Å²) in [7, 11) is -3.54. The molecular formula is C16H21N3O3S. The first kappa shape index (κ1) is 16.0. The Labute approximate surface area is 136 Å². The quantitative estimate of drug-likeness (QED) is 0.859. The minimum Gasteiger partial charge on any atom is -0.369 e. The number of anilines is 1. The Morgan fingerprint density at radius 1 is 1.09 bits per heavy atom. The molecule has 1 saturated heterocycles. The summed E-state index contributed by atoms with van der Waals surface area (Å²) in [5.41, 5.74) is 2.76. The van der Waals surface area contributed by atoms with Crippen molar-refractivity contribution in [3.05, 3.63) is 41.3 Å². The summed E-state index contributed by atoms with van der Waals surface area (Å²) in [6.07, 6.45) is 0. The monoisotopic (exact) mass is 335 g/mol. The Kier molecular flexibility index (Phi) is 4.16. The molecule has 1 aromatic heterocycles. The third-order valence-corrected chi connectivity index (χ3v) is 6.31. The van der Waals surface area contributed by atoms with Gasteiger partial charge in [0.05, 0.1) is 0 Å². The average molecular weight is 335 g/mol. The number of hydrogen-bond donors (Lipinski definition) is 0. The second kappa shape index (κ2) is 5.98. The van der Waals surface area contributed by atoms with Crippen LogP contribution in [-0.2, 0) is 10.0 Å². The van der Waals surface area contributed by atoms with Gasteiger partial charge in [0.1, 0.15) is 10.6 Å². The number of sulfonamides is 1. The Morgan fingerprint density at radius 3 is 2.35 bits per heavy atom.